The Balaban J connectivity index is 2.10. The molecule has 1 fully saturated rings. The summed E-state index contributed by atoms with van der Waals surface area (Å²) in [5.74, 6) is 0.444. The molecule has 0 aliphatic carbocycles. The van der Waals surface area contributed by atoms with Gasteiger partial charge in [-0.05, 0) is 36.6 Å². The van der Waals surface area contributed by atoms with Crippen LogP contribution in [-0.4, -0.2) is 24.8 Å². The van der Waals surface area contributed by atoms with Gasteiger partial charge in [0.15, 0.2) is 0 Å². The van der Waals surface area contributed by atoms with Gasteiger partial charge in [0, 0.05) is 6.42 Å². The Kier molecular flexibility index (Phi) is 7.39. The van der Waals surface area contributed by atoms with Crippen molar-refractivity contribution in [2.24, 2.45) is 5.92 Å². The van der Waals surface area contributed by atoms with Crippen molar-refractivity contribution in [3.63, 3.8) is 0 Å². The molecule has 0 aromatic carbocycles. The largest absolute Gasteiger partial charge is 0.466 e. The number of ether oxygens (including phenoxy) is 2. The molecule has 1 saturated heterocycles. The average Bonchev–Trinajstić information content (AvgIpc) is 3.02. The third-order valence-corrected chi connectivity index (χ3v) is 3.30. The van der Waals surface area contributed by atoms with Crippen molar-refractivity contribution in [2.45, 2.75) is 51.7 Å². The number of halogens is 1. The Bertz CT molecular complexity index is 338. The minimum Gasteiger partial charge on any atom is -0.466 e. The molecular weight excluding hydrogens is 308 g/mol. The number of hydrogen-bond acceptors (Lipinski definition) is 3. The average molecular weight is 331 g/mol. The molecule has 108 valence electrons. The number of carbonyl (C=O) groups excluding carboxylic acids is 1. The van der Waals surface area contributed by atoms with E-state index in [0.29, 0.717) is 25.0 Å². The fourth-order valence-corrected chi connectivity index (χ4v) is 2.59. The zero-order valence-corrected chi connectivity index (χ0v) is 13.3. The van der Waals surface area contributed by atoms with Crippen LogP contribution in [0.3, 0.4) is 0 Å². The van der Waals surface area contributed by atoms with Crippen molar-refractivity contribution >= 4 is 21.9 Å². The first-order valence-corrected chi connectivity index (χ1v) is 7.63. The minimum atomic E-state index is -0.134. The maximum absolute atomic E-state index is 11.1. The van der Waals surface area contributed by atoms with Crippen LogP contribution in [0, 0.1) is 5.92 Å². The summed E-state index contributed by atoms with van der Waals surface area (Å²) in [6.45, 7) is 8.33. The van der Waals surface area contributed by atoms with Crippen LogP contribution >= 0.6 is 15.9 Å². The van der Waals surface area contributed by atoms with Gasteiger partial charge in [0.25, 0.3) is 0 Å². The van der Waals surface area contributed by atoms with Crippen molar-refractivity contribution in [3.8, 4) is 0 Å². The molecule has 1 heterocycles. The molecule has 1 aliphatic heterocycles. The molecular formula is C15H23BrO3. The van der Waals surface area contributed by atoms with Crippen LogP contribution in [0.15, 0.2) is 23.2 Å². The Labute approximate surface area is 124 Å². The highest BCUT2D eigenvalue weighted by atomic mass is 79.9. The van der Waals surface area contributed by atoms with E-state index in [0.717, 1.165) is 23.7 Å². The molecule has 0 aromatic rings. The highest BCUT2D eigenvalue weighted by Crippen LogP contribution is 2.32. The molecule has 0 spiro atoms. The van der Waals surface area contributed by atoms with Gasteiger partial charge in [0.1, 0.15) is 6.10 Å². The lowest BCUT2D eigenvalue weighted by molar-refractivity contribution is -0.143. The topological polar surface area (TPSA) is 38.8 Å². The predicted octanol–water partition coefficient (Wildman–Crippen LogP) is 3.98. The van der Waals surface area contributed by atoms with Gasteiger partial charge in [-0.3, -0.25) is 4.79 Å². The van der Waals surface area contributed by atoms with Crippen LogP contribution in [0.25, 0.3) is 0 Å². The van der Waals surface area contributed by atoms with Crippen LogP contribution in [0.1, 0.15) is 39.5 Å². The fraction of sp³-hybridized carbons (Fsp3) is 0.667. The standard InChI is InChI=1S/C15H23BrO3/c1-4-18-15(17)8-6-5-7-13-14(19-13)10-11(2)9-12(3)16/h5,7,11,13-14H,3-4,6,8-10H2,1-2H3/b7-5+/t11-,13+,14+/m1/s1. The van der Waals surface area contributed by atoms with E-state index in [2.05, 4.69) is 35.5 Å². The van der Waals surface area contributed by atoms with E-state index in [4.69, 9.17) is 9.47 Å². The van der Waals surface area contributed by atoms with Gasteiger partial charge in [-0.25, -0.2) is 0 Å². The van der Waals surface area contributed by atoms with Crippen molar-refractivity contribution in [1.29, 1.82) is 0 Å². The number of epoxide rings is 1. The molecule has 19 heavy (non-hydrogen) atoms. The highest BCUT2D eigenvalue weighted by Gasteiger charge is 2.36. The van der Waals surface area contributed by atoms with E-state index in [1.165, 1.54) is 0 Å². The van der Waals surface area contributed by atoms with Crippen molar-refractivity contribution in [1.82, 2.24) is 0 Å². The first-order chi connectivity index (χ1) is 9.02. The Morgan fingerprint density at radius 1 is 1.58 bits per heavy atom. The van der Waals surface area contributed by atoms with Crippen molar-refractivity contribution in [2.75, 3.05) is 6.61 Å². The molecule has 0 unspecified atom stereocenters. The molecule has 3 nitrogen and oxygen atoms in total. The fourth-order valence-electron chi connectivity index (χ4n) is 2.04. The zero-order chi connectivity index (χ0) is 14.3. The first-order valence-electron chi connectivity index (χ1n) is 6.84. The highest BCUT2D eigenvalue weighted by molar-refractivity contribution is 9.11. The number of allylic oxidation sites excluding steroid dienone is 2. The summed E-state index contributed by atoms with van der Waals surface area (Å²) in [4.78, 5) is 11.1. The second kappa shape index (κ2) is 8.54. The normalized spacial score (nSPS) is 23.3. The van der Waals surface area contributed by atoms with Crippen molar-refractivity contribution < 1.29 is 14.3 Å². The number of esters is 1. The SMILES string of the molecule is C=C(Br)C[C@@H](C)C[C@@H]1O[C@H]1/C=C/CCC(=O)OCC. The summed E-state index contributed by atoms with van der Waals surface area (Å²) >= 11 is 3.38. The lowest BCUT2D eigenvalue weighted by atomic mass is 10.0. The smallest absolute Gasteiger partial charge is 0.306 e. The lowest BCUT2D eigenvalue weighted by Crippen LogP contribution is -2.03. The molecule has 1 aliphatic rings. The molecule has 4 heteroatoms. The molecule has 0 aromatic heterocycles. The summed E-state index contributed by atoms with van der Waals surface area (Å²) in [6.07, 6.45) is 7.83. The molecule has 3 atom stereocenters. The third-order valence-electron chi connectivity index (χ3n) is 2.97. The molecule has 0 saturated carbocycles. The number of hydrogen-bond donors (Lipinski definition) is 0. The van der Waals surface area contributed by atoms with Crippen LogP contribution in [0.2, 0.25) is 0 Å². The zero-order valence-electron chi connectivity index (χ0n) is 11.7. The van der Waals surface area contributed by atoms with Gasteiger partial charge in [-0.2, -0.15) is 0 Å². The van der Waals surface area contributed by atoms with E-state index in [1.807, 2.05) is 13.0 Å². The molecule has 0 amide bonds. The Morgan fingerprint density at radius 3 is 2.95 bits per heavy atom. The Morgan fingerprint density at radius 2 is 2.32 bits per heavy atom. The molecule has 1 rings (SSSR count). The first kappa shape index (κ1) is 16.4. The number of rotatable bonds is 9. The summed E-state index contributed by atoms with van der Waals surface area (Å²) in [6, 6.07) is 0. The predicted molar refractivity (Wildman–Crippen MR) is 80.1 cm³/mol. The van der Waals surface area contributed by atoms with Crippen molar-refractivity contribution in [3.05, 3.63) is 23.2 Å². The van der Waals surface area contributed by atoms with Gasteiger partial charge in [-0.1, -0.05) is 41.6 Å². The van der Waals surface area contributed by atoms with E-state index in [9.17, 15) is 4.79 Å². The van der Waals surface area contributed by atoms with Crippen LogP contribution < -0.4 is 0 Å². The van der Waals surface area contributed by atoms with Gasteiger partial charge in [0.05, 0.1) is 12.7 Å². The quantitative estimate of drug-likeness (QED) is 0.364. The second-order valence-corrected chi connectivity index (χ2v) is 6.09. The van der Waals surface area contributed by atoms with Gasteiger partial charge in [-0.15, -0.1) is 0 Å². The lowest BCUT2D eigenvalue weighted by Gasteiger charge is -2.07. The molecule has 0 radical (unpaired) electrons. The maximum Gasteiger partial charge on any atom is 0.306 e. The van der Waals surface area contributed by atoms with E-state index in [1.54, 1.807) is 0 Å². The van der Waals surface area contributed by atoms with Crippen LogP contribution in [0.4, 0.5) is 0 Å². The second-order valence-electron chi connectivity index (χ2n) is 4.97. The van der Waals surface area contributed by atoms with E-state index in [-0.39, 0.29) is 12.1 Å². The van der Waals surface area contributed by atoms with Gasteiger partial charge in [0.2, 0.25) is 0 Å². The monoisotopic (exact) mass is 330 g/mol. The maximum atomic E-state index is 11.1. The van der Waals surface area contributed by atoms with Crippen LogP contribution in [-0.2, 0) is 14.3 Å². The van der Waals surface area contributed by atoms with Gasteiger partial charge >= 0.3 is 5.97 Å². The summed E-state index contributed by atoms with van der Waals surface area (Å²) in [5.41, 5.74) is 0. The van der Waals surface area contributed by atoms with E-state index < -0.39 is 0 Å². The molecule has 0 N–H and O–H groups in total. The summed E-state index contributed by atoms with van der Waals surface area (Å²) in [7, 11) is 0. The van der Waals surface area contributed by atoms with Crippen LogP contribution in [0.5, 0.6) is 0 Å². The van der Waals surface area contributed by atoms with Gasteiger partial charge < -0.3 is 9.47 Å². The number of carbonyl (C=O) groups is 1. The molecule has 0 bridgehead atoms. The minimum absolute atomic E-state index is 0.134. The third kappa shape index (κ3) is 7.53. The Hall–Kier alpha value is -0.610. The summed E-state index contributed by atoms with van der Waals surface area (Å²) < 4.78 is 11.5. The van der Waals surface area contributed by atoms with E-state index >= 15 is 0 Å². The summed E-state index contributed by atoms with van der Waals surface area (Å²) in [5, 5.41) is 0.